The van der Waals surface area contributed by atoms with Crippen molar-refractivity contribution in [1.29, 1.82) is 0 Å². The van der Waals surface area contributed by atoms with Crippen LogP contribution in [0.5, 0.6) is 0 Å². The molecular weight excluding hydrogens is 576 g/mol. The monoisotopic (exact) mass is 606 g/mol. The van der Waals surface area contributed by atoms with E-state index in [2.05, 4.69) is 31.0 Å². The normalized spacial score (nSPS) is 11.6. The molecule has 4 aromatic rings. The third-order valence-electron chi connectivity index (χ3n) is 6.46. The number of aromatic nitrogens is 1. The highest BCUT2D eigenvalue weighted by Crippen LogP contribution is 2.28. The fraction of sp³-hybridized carbons (Fsp3) is 0.200. The number of nitrogens with zero attached hydrogens (tertiary/aromatic N) is 3. The van der Waals surface area contributed by atoms with Crippen molar-refractivity contribution in [2.24, 2.45) is 5.10 Å². The Morgan fingerprint density at radius 1 is 0.949 bits per heavy atom. The molecule has 0 saturated heterocycles. The van der Waals surface area contributed by atoms with E-state index in [1.54, 1.807) is 36.5 Å². The van der Waals surface area contributed by atoms with Crippen molar-refractivity contribution in [1.82, 2.24) is 9.99 Å². The molecule has 1 aromatic heterocycles. The third-order valence-corrected chi connectivity index (χ3v) is 8.73. The number of hydrazone groups is 1. The van der Waals surface area contributed by atoms with Crippen LogP contribution in [0.1, 0.15) is 33.6 Å². The number of halogens is 1. The van der Waals surface area contributed by atoms with Gasteiger partial charge < -0.3 is 4.57 Å². The first kappa shape index (κ1) is 28.3. The predicted molar refractivity (Wildman–Crippen MR) is 160 cm³/mol. The van der Waals surface area contributed by atoms with Gasteiger partial charge in [-0.25, -0.2) is 13.8 Å². The fourth-order valence-corrected chi connectivity index (χ4v) is 6.26. The van der Waals surface area contributed by atoms with Crippen LogP contribution in [-0.4, -0.2) is 31.7 Å². The molecule has 0 aliphatic rings. The average molecular weight is 608 g/mol. The maximum Gasteiger partial charge on any atom is 0.264 e. The van der Waals surface area contributed by atoms with E-state index in [0.29, 0.717) is 5.69 Å². The van der Waals surface area contributed by atoms with Gasteiger partial charge in [-0.05, 0) is 88.2 Å². The van der Waals surface area contributed by atoms with E-state index in [1.807, 2.05) is 77.1 Å². The van der Waals surface area contributed by atoms with Crippen LogP contribution >= 0.6 is 15.9 Å². The zero-order chi connectivity index (χ0) is 28.3. The number of benzene rings is 3. The summed E-state index contributed by atoms with van der Waals surface area (Å²) in [5.74, 6) is -0.552. The number of carbonyl (C=O) groups is 1. The molecule has 0 fully saturated rings. The van der Waals surface area contributed by atoms with Crippen molar-refractivity contribution in [2.45, 2.75) is 39.5 Å². The number of rotatable bonds is 8. The van der Waals surface area contributed by atoms with Crippen molar-refractivity contribution in [3.8, 4) is 5.69 Å². The lowest BCUT2D eigenvalue weighted by atomic mass is 10.1. The molecule has 0 saturated carbocycles. The summed E-state index contributed by atoms with van der Waals surface area (Å²) in [6.45, 7) is 9.16. The van der Waals surface area contributed by atoms with Crippen LogP contribution in [0.3, 0.4) is 0 Å². The first-order chi connectivity index (χ1) is 18.5. The molecule has 202 valence electrons. The zero-order valence-corrected chi connectivity index (χ0v) is 25.0. The lowest BCUT2D eigenvalue weighted by Gasteiger charge is -2.25. The van der Waals surface area contributed by atoms with E-state index < -0.39 is 22.5 Å². The minimum atomic E-state index is -4.01. The molecule has 1 amide bonds. The Kier molecular flexibility index (Phi) is 8.42. The highest BCUT2D eigenvalue weighted by atomic mass is 79.9. The van der Waals surface area contributed by atoms with E-state index in [-0.39, 0.29) is 4.90 Å². The quantitative estimate of drug-likeness (QED) is 0.193. The standard InChI is InChI=1S/C30H31BrN4O3S/c1-20-10-13-28(14-11-20)39(37,38)34(29-15-21(2)9-12-22(29)3)19-30(36)33-32-18-25-16-23(4)35(24(25)5)27-8-6-7-26(31)17-27/h6-18H,19H2,1-5H3,(H,33,36)/b32-18+. The van der Waals surface area contributed by atoms with Crippen LogP contribution in [0.2, 0.25) is 0 Å². The van der Waals surface area contributed by atoms with Gasteiger partial charge in [-0.1, -0.05) is 51.8 Å². The van der Waals surface area contributed by atoms with Crippen molar-refractivity contribution in [3.05, 3.63) is 111 Å². The van der Waals surface area contributed by atoms with Gasteiger partial charge in [0.1, 0.15) is 6.54 Å². The van der Waals surface area contributed by atoms with E-state index >= 15 is 0 Å². The van der Waals surface area contributed by atoms with E-state index in [4.69, 9.17) is 0 Å². The SMILES string of the molecule is Cc1ccc(S(=O)(=O)N(CC(=O)N/N=C/c2cc(C)n(-c3cccc(Br)c3)c2C)c2cc(C)ccc2C)cc1. The third kappa shape index (κ3) is 6.32. The summed E-state index contributed by atoms with van der Waals surface area (Å²) in [6.07, 6.45) is 1.57. The number of carbonyl (C=O) groups excluding carboxylic acids is 1. The molecule has 3 aromatic carbocycles. The second kappa shape index (κ2) is 11.6. The lowest BCUT2D eigenvalue weighted by molar-refractivity contribution is -0.119. The Hall–Kier alpha value is -3.69. The van der Waals surface area contributed by atoms with Gasteiger partial charge in [0.25, 0.3) is 15.9 Å². The highest BCUT2D eigenvalue weighted by molar-refractivity contribution is 9.10. The Morgan fingerprint density at radius 2 is 1.64 bits per heavy atom. The van der Waals surface area contributed by atoms with Crippen LogP contribution in [-0.2, 0) is 14.8 Å². The topological polar surface area (TPSA) is 83.8 Å². The molecule has 0 aliphatic carbocycles. The Balaban J connectivity index is 1.59. The number of nitrogens with one attached hydrogen (secondary N) is 1. The molecule has 0 aliphatic heterocycles. The van der Waals surface area contributed by atoms with E-state index in [1.165, 1.54) is 0 Å². The van der Waals surface area contributed by atoms with Gasteiger partial charge in [-0.2, -0.15) is 5.10 Å². The predicted octanol–water partition coefficient (Wildman–Crippen LogP) is 6.13. The molecule has 9 heteroatoms. The number of amides is 1. The summed E-state index contributed by atoms with van der Waals surface area (Å²) < 4.78 is 31.6. The Bertz CT molecular complexity index is 1660. The van der Waals surface area contributed by atoms with Crippen LogP contribution in [0.25, 0.3) is 5.69 Å². The molecule has 0 unspecified atom stereocenters. The summed E-state index contributed by atoms with van der Waals surface area (Å²) in [5, 5.41) is 4.15. The molecule has 39 heavy (non-hydrogen) atoms. The van der Waals surface area contributed by atoms with Gasteiger partial charge >= 0.3 is 0 Å². The number of sulfonamides is 1. The molecule has 4 rings (SSSR count). The maximum absolute atomic E-state index is 13.7. The molecule has 0 bridgehead atoms. The number of hydrogen-bond acceptors (Lipinski definition) is 4. The first-order valence-corrected chi connectivity index (χ1v) is 14.6. The van der Waals surface area contributed by atoms with E-state index in [0.717, 1.165) is 48.1 Å². The first-order valence-electron chi connectivity index (χ1n) is 12.4. The molecule has 0 spiro atoms. The summed E-state index contributed by atoms with van der Waals surface area (Å²) in [5.41, 5.74) is 9.36. The molecule has 7 nitrogen and oxygen atoms in total. The van der Waals surface area contributed by atoms with Crippen LogP contribution in [0, 0.1) is 34.6 Å². The Morgan fingerprint density at radius 3 is 2.33 bits per heavy atom. The molecular formula is C30H31BrN4O3S. The highest BCUT2D eigenvalue weighted by Gasteiger charge is 2.28. The van der Waals surface area contributed by atoms with E-state index in [9.17, 15) is 13.2 Å². The van der Waals surface area contributed by atoms with Crippen molar-refractivity contribution in [2.75, 3.05) is 10.8 Å². The van der Waals surface area contributed by atoms with Crippen LogP contribution < -0.4 is 9.73 Å². The molecule has 0 radical (unpaired) electrons. The lowest BCUT2D eigenvalue weighted by Crippen LogP contribution is -2.40. The molecule has 1 N–H and O–H groups in total. The summed E-state index contributed by atoms with van der Waals surface area (Å²) in [7, 11) is -4.01. The van der Waals surface area contributed by atoms with Gasteiger partial charge in [-0.3, -0.25) is 9.10 Å². The van der Waals surface area contributed by atoms with Gasteiger partial charge in [0.2, 0.25) is 0 Å². The fourth-order valence-electron chi connectivity index (χ4n) is 4.40. The van der Waals surface area contributed by atoms with Gasteiger partial charge in [0, 0.05) is 27.1 Å². The van der Waals surface area contributed by atoms with Gasteiger partial charge in [-0.15, -0.1) is 0 Å². The number of anilines is 1. The molecule has 1 heterocycles. The van der Waals surface area contributed by atoms with Crippen molar-refractivity contribution < 1.29 is 13.2 Å². The summed E-state index contributed by atoms with van der Waals surface area (Å²) in [6, 6.07) is 22.1. The number of aryl methyl sites for hydroxylation is 4. The average Bonchev–Trinajstić information content (AvgIpc) is 3.17. The molecule has 0 atom stereocenters. The second-order valence-electron chi connectivity index (χ2n) is 9.55. The number of hydrogen-bond donors (Lipinski definition) is 1. The largest absolute Gasteiger partial charge is 0.318 e. The Labute approximate surface area is 238 Å². The summed E-state index contributed by atoms with van der Waals surface area (Å²) in [4.78, 5) is 13.1. The van der Waals surface area contributed by atoms with Crippen LogP contribution in [0.4, 0.5) is 5.69 Å². The summed E-state index contributed by atoms with van der Waals surface area (Å²) >= 11 is 3.52. The second-order valence-corrected chi connectivity index (χ2v) is 12.3. The van der Waals surface area contributed by atoms with Crippen molar-refractivity contribution >= 4 is 43.8 Å². The van der Waals surface area contributed by atoms with Gasteiger partial charge in [0.05, 0.1) is 16.8 Å². The maximum atomic E-state index is 13.7. The van der Waals surface area contributed by atoms with Crippen LogP contribution in [0.15, 0.2) is 87.3 Å². The zero-order valence-electron chi connectivity index (χ0n) is 22.6. The van der Waals surface area contributed by atoms with Crippen molar-refractivity contribution in [3.63, 3.8) is 0 Å². The minimum Gasteiger partial charge on any atom is -0.318 e. The minimum absolute atomic E-state index is 0.116. The smallest absolute Gasteiger partial charge is 0.264 e. The van der Waals surface area contributed by atoms with Gasteiger partial charge in [0.15, 0.2) is 0 Å².